The molecule has 2 heterocycles. The molecule has 4 rings (SSSR count). The number of hydrogen-bond donors (Lipinski definition) is 1. The van der Waals surface area contributed by atoms with Crippen LogP contribution in [0, 0.1) is 0 Å². The van der Waals surface area contributed by atoms with Gasteiger partial charge in [-0.2, -0.15) is 13.2 Å². The summed E-state index contributed by atoms with van der Waals surface area (Å²) in [5.74, 6) is 0.664. The minimum atomic E-state index is -4.42. The van der Waals surface area contributed by atoms with Crippen molar-refractivity contribution in [1.29, 1.82) is 0 Å². The van der Waals surface area contributed by atoms with Gasteiger partial charge in [0, 0.05) is 18.4 Å². The molecule has 1 atom stereocenters. The minimum absolute atomic E-state index is 0.355. The van der Waals surface area contributed by atoms with Crippen LogP contribution in [0.15, 0.2) is 66.9 Å². The van der Waals surface area contributed by atoms with Crippen molar-refractivity contribution in [3.8, 4) is 5.75 Å². The molecule has 2 amide bonds. The standard InChI is InChI=1S/C23H20F3N3O2/c1-31-19-10-8-18(9-11-19)28-22(30)29-14-12-15-3-2-13-27-20(15)21(29)16-4-6-17(7-5-16)23(24,25)26/h2-11,13,21H,12,14H2,1H3,(H,28,30). The number of ether oxygens (including phenoxy) is 1. The number of anilines is 1. The number of aromatic nitrogens is 1. The van der Waals surface area contributed by atoms with E-state index in [2.05, 4.69) is 10.3 Å². The Kier molecular flexibility index (Phi) is 5.54. The number of nitrogens with one attached hydrogen (secondary N) is 1. The highest BCUT2D eigenvalue weighted by atomic mass is 19.4. The predicted molar refractivity (Wildman–Crippen MR) is 110 cm³/mol. The molecule has 0 aliphatic carbocycles. The van der Waals surface area contributed by atoms with Gasteiger partial charge >= 0.3 is 12.2 Å². The maximum Gasteiger partial charge on any atom is 0.416 e. The lowest BCUT2D eigenvalue weighted by Crippen LogP contribution is -2.43. The van der Waals surface area contributed by atoms with Crippen molar-refractivity contribution in [2.24, 2.45) is 0 Å². The first-order chi connectivity index (χ1) is 14.9. The van der Waals surface area contributed by atoms with Crippen LogP contribution < -0.4 is 10.1 Å². The molecule has 1 aliphatic heterocycles. The van der Waals surface area contributed by atoms with Gasteiger partial charge in [-0.1, -0.05) is 18.2 Å². The maximum absolute atomic E-state index is 13.1. The Balaban J connectivity index is 1.66. The fourth-order valence-electron chi connectivity index (χ4n) is 3.71. The van der Waals surface area contributed by atoms with Gasteiger partial charge in [0.05, 0.1) is 18.4 Å². The summed E-state index contributed by atoms with van der Waals surface area (Å²) in [5.41, 5.74) is 2.06. The summed E-state index contributed by atoms with van der Waals surface area (Å²) in [5, 5.41) is 2.85. The van der Waals surface area contributed by atoms with E-state index in [0.717, 1.165) is 17.7 Å². The first-order valence-electron chi connectivity index (χ1n) is 9.69. The number of urea groups is 1. The third-order valence-electron chi connectivity index (χ3n) is 5.27. The Morgan fingerprint density at radius 1 is 1.10 bits per heavy atom. The zero-order valence-corrected chi connectivity index (χ0v) is 16.7. The van der Waals surface area contributed by atoms with E-state index in [1.807, 2.05) is 12.1 Å². The van der Waals surface area contributed by atoms with Gasteiger partial charge in [0.2, 0.25) is 0 Å². The number of fused-ring (bicyclic) bond motifs is 1. The maximum atomic E-state index is 13.1. The number of rotatable bonds is 3. The van der Waals surface area contributed by atoms with E-state index < -0.39 is 17.8 Å². The highest BCUT2D eigenvalue weighted by Crippen LogP contribution is 2.36. The average Bonchev–Trinajstić information content (AvgIpc) is 2.78. The normalized spacial score (nSPS) is 15.9. The Morgan fingerprint density at radius 2 is 1.81 bits per heavy atom. The van der Waals surface area contributed by atoms with Crippen molar-refractivity contribution in [2.75, 3.05) is 19.0 Å². The third kappa shape index (κ3) is 4.33. The molecule has 0 fully saturated rings. The van der Waals surface area contributed by atoms with Gasteiger partial charge in [-0.15, -0.1) is 0 Å². The summed E-state index contributed by atoms with van der Waals surface area (Å²) in [7, 11) is 1.56. The topological polar surface area (TPSA) is 54.5 Å². The number of pyridine rings is 1. The molecule has 2 aromatic carbocycles. The second-order valence-electron chi connectivity index (χ2n) is 7.17. The van der Waals surface area contributed by atoms with E-state index in [1.165, 1.54) is 12.1 Å². The number of methoxy groups -OCH3 is 1. The van der Waals surface area contributed by atoms with Crippen LogP contribution in [0.3, 0.4) is 0 Å². The molecule has 0 saturated heterocycles. The molecule has 0 bridgehead atoms. The Labute approximate surface area is 177 Å². The zero-order chi connectivity index (χ0) is 22.0. The van der Waals surface area contributed by atoms with Crippen molar-refractivity contribution in [3.05, 3.63) is 89.2 Å². The third-order valence-corrected chi connectivity index (χ3v) is 5.27. The van der Waals surface area contributed by atoms with E-state index in [1.54, 1.807) is 42.5 Å². The molecule has 3 aromatic rings. The summed E-state index contributed by atoms with van der Waals surface area (Å²) in [4.78, 5) is 19.2. The zero-order valence-electron chi connectivity index (χ0n) is 16.7. The SMILES string of the molecule is COc1ccc(NC(=O)N2CCc3cccnc3C2c2ccc(C(F)(F)F)cc2)cc1. The van der Waals surface area contributed by atoms with Crippen LogP contribution in [0.2, 0.25) is 0 Å². The summed E-state index contributed by atoms with van der Waals surface area (Å²) in [6.45, 7) is 0.409. The molecular weight excluding hydrogens is 407 g/mol. The van der Waals surface area contributed by atoms with Crippen LogP contribution in [-0.2, 0) is 12.6 Å². The van der Waals surface area contributed by atoms with Gasteiger partial charge in [0.15, 0.2) is 0 Å². The van der Waals surface area contributed by atoms with Crippen LogP contribution in [0.25, 0.3) is 0 Å². The van der Waals surface area contributed by atoms with Crippen LogP contribution in [0.4, 0.5) is 23.7 Å². The number of alkyl halides is 3. The first kappa shape index (κ1) is 20.7. The molecular formula is C23H20F3N3O2. The minimum Gasteiger partial charge on any atom is -0.497 e. The molecule has 8 heteroatoms. The predicted octanol–water partition coefficient (Wildman–Crippen LogP) is 5.29. The van der Waals surface area contributed by atoms with Crippen molar-refractivity contribution >= 4 is 11.7 Å². The highest BCUT2D eigenvalue weighted by molar-refractivity contribution is 5.90. The number of carbonyl (C=O) groups excluding carboxylic acids is 1. The average molecular weight is 427 g/mol. The van der Waals surface area contributed by atoms with Crippen LogP contribution in [0.1, 0.15) is 28.4 Å². The molecule has 1 aliphatic rings. The number of hydrogen-bond acceptors (Lipinski definition) is 3. The molecule has 1 N–H and O–H groups in total. The fourth-order valence-corrected chi connectivity index (χ4v) is 3.71. The summed E-state index contributed by atoms with van der Waals surface area (Å²) < 4.78 is 44.1. The lowest BCUT2D eigenvalue weighted by molar-refractivity contribution is -0.137. The van der Waals surface area contributed by atoms with Crippen LogP contribution in [-0.4, -0.2) is 29.6 Å². The molecule has 0 spiro atoms. The Bertz CT molecular complexity index is 1070. The van der Waals surface area contributed by atoms with E-state index in [9.17, 15) is 18.0 Å². The summed E-state index contributed by atoms with van der Waals surface area (Å²) in [6.07, 6.45) is -2.19. The second-order valence-corrected chi connectivity index (χ2v) is 7.17. The lowest BCUT2D eigenvalue weighted by atomic mass is 9.92. The molecule has 5 nitrogen and oxygen atoms in total. The monoisotopic (exact) mass is 427 g/mol. The quantitative estimate of drug-likeness (QED) is 0.618. The number of nitrogens with zero attached hydrogens (tertiary/aromatic N) is 2. The largest absolute Gasteiger partial charge is 0.497 e. The second kappa shape index (κ2) is 8.29. The first-order valence-corrected chi connectivity index (χ1v) is 9.69. The van der Waals surface area contributed by atoms with Gasteiger partial charge < -0.3 is 15.0 Å². The fraction of sp³-hybridized carbons (Fsp3) is 0.217. The molecule has 160 valence electrons. The van der Waals surface area contributed by atoms with Gasteiger partial charge in [-0.25, -0.2) is 4.79 Å². The number of amides is 2. The molecule has 0 saturated carbocycles. The van der Waals surface area contributed by atoms with E-state index in [-0.39, 0.29) is 6.03 Å². The van der Waals surface area contributed by atoms with Crippen molar-refractivity contribution in [3.63, 3.8) is 0 Å². The van der Waals surface area contributed by atoms with Gasteiger partial charge in [0.1, 0.15) is 11.8 Å². The lowest BCUT2D eigenvalue weighted by Gasteiger charge is -2.36. The van der Waals surface area contributed by atoms with Gasteiger partial charge in [0.25, 0.3) is 0 Å². The number of halogens is 3. The van der Waals surface area contributed by atoms with Crippen molar-refractivity contribution in [1.82, 2.24) is 9.88 Å². The van der Waals surface area contributed by atoms with E-state index in [0.29, 0.717) is 35.7 Å². The van der Waals surface area contributed by atoms with Gasteiger partial charge in [-0.3, -0.25) is 4.98 Å². The van der Waals surface area contributed by atoms with Crippen LogP contribution >= 0.6 is 0 Å². The number of carbonyl (C=O) groups is 1. The molecule has 1 unspecified atom stereocenters. The van der Waals surface area contributed by atoms with Crippen LogP contribution in [0.5, 0.6) is 5.75 Å². The van der Waals surface area contributed by atoms with Crippen molar-refractivity contribution in [2.45, 2.75) is 18.6 Å². The highest BCUT2D eigenvalue weighted by Gasteiger charge is 2.35. The molecule has 31 heavy (non-hydrogen) atoms. The summed E-state index contributed by atoms with van der Waals surface area (Å²) in [6, 6.07) is 14.6. The van der Waals surface area contributed by atoms with E-state index in [4.69, 9.17) is 4.74 Å². The molecule has 1 aromatic heterocycles. The Hall–Kier alpha value is -3.55. The van der Waals surface area contributed by atoms with E-state index >= 15 is 0 Å². The Morgan fingerprint density at radius 3 is 2.45 bits per heavy atom. The van der Waals surface area contributed by atoms with Crippen molar-refractivity contribution < 1.29 is 22.7 Å². The van der Waals surface area contributed by atoms with Gasteiger partial charge in [-0.05, 0) is 60.0 Å². The number of benzene rings is 2. The smallest absolute Gasteiger partial charge is 0.416 e. The molecule has 0 radical (unpaired) electrons. The summed E-state index contributed by atoms with van der Waals surface area (Å²) >= 11 is 0.